The third-order valence-corrected chi connectivity index (χ3v) is 5.35. The largest absolute Gasteiger partial charge is 0.376 e. The van der Waals surface area contributed by atoms with Gasteiger partial charge in [-0.05, 0) is 30.9 Å². The van der Waals surface area contributed by atoms with Crippen molar-refractivity contribution in [3.63, 3.8) is 0 Å². The molecule has 0 bridgehead atoms. The first-order valence-corrected chi connectivity index (χ1v) is 11.1. The van der Waals surface area contributed by atoms with Crippen LogP contribution in [0.3, 0.4) is 0 Å². The highest BCUT2D eigenvalue weighted by Gasteiger charge is 2.11. The lowest BCUT2D eigenvalue weighted by molar-refractivity contribution is 0.0931. The van der Waals surface area contributed by atoms with Crippen LogP contribution in [0.5, 0.6) is 0 Å². The van der Waals surface area contributed by atoms with Crippen LogP contribution in [0.2, 0.25) is 0 Å². The fourth-order valence-electron chi connectivity index (χ4n) is 3.20. The van der Waals surface area contributed by atoms with Crippen LogP contribution in [0.1, 0.15) is 42.7 Å². The van der Waals surface area contributed by atoms with E-state index in [-0.39, 0.29) is 6.04 Å². The van der Waals surface area contributed by atoms with E-state index in [9.17, 15) is 0 Å². The van der Waals surface area contributed by atoms with Crippen LogP contribution in [0, 0.1) is 12.8 Å². The van der Waals surface area contributed by atoms with E-state index in [4.69, 9.17) is 9.73 Å². The summed E-state index contributed by atoms with van der Waals surface area (Å²) in [7, 11) is 1.96. The van der Waals surface area contributed by atoms with Crippen molar-refractivity contribution in [1.82, 2.24) is 25.4 Å². The Balaban J connectivity index is 1.57. The first-order valence-electron chi connectivity index (χ1n) is 11.1. The molecule has 0 saturated carbocycles. The topological polar surface area (TPSA) is 76.4 Å². The van der Waals surface area contributed by atoms with Gasteiger partial charge in [0.15, 0.2) is 11.8 Å². The number of hydrogen-bond donors (Lipinski definition) is 2. The van der Waals surface area contributed by atoms with E-state index in [1.165, 1.54) is 11.1 Å². The van der Waals surface area contributed by atoms with Crippen LogP contribution >= 0.6 is 0 Å². The Labute approximate surface area is 190 Å². The molecule has 0 aliphatic heterocycles. The van der Waals surface area contributed by atoms with E-state index < -0.39 is 0 Å². The molecule has 0 radical (unpaired) electrons. The van der Waals surface area contributed by atoms with Gasteiger partial charge in [-0.1, -0.05) is 67.6 Å². The van der Waals surface area contributed by atoms with Crippen molar-refractivity contribution in [2.75, 3.05) is 13.2 Å². The van der Waals surface area contributed by atoms with Gasteiger partial charge in [0.1, 0.15) is 12.4 Å². The summed E-state index contributed by atoms with van der Waals surface area (Å²) >= 11 is 0. The average molecular weight is 435 g/mol. The molecule has 3 aromatic rings. The van der Waals surface area contributed by atoms with E-state index in [0.717, 1.165) is 24.2 Å². The second kappa shape index (κ2) is 12.0. The molecule has 0 saturated heterocycles. The Bertz CT molecular complexity index is 971. The lowest BCUT2D eigenvalue weighted by Crippen LogP contribution is -2.41. The van der Waals surface area contributed by atoms with Crippen molar-refractivity contribution in [1.29, 1.82) is 0 Å². The first-order chi connectivity index (χ1) is 15.5. The molecule has 3 rings (SSSR count). The van der Waals surface area contributed by atoms with Gasteiger partial charge in [-0.25, -0.2) is 4.99 Å². The van der Waals surface area contributed by atoms with Crippen molar-refractivity contribution in [2.24, 2.45) is 18.0 Å². The van der Waals surface area contributed by atoms with Crippen LogP contribution in [0.15, 0.2) is 65.7 Å². The number of rotatable bonds is 10. The van der Waals surface area contributed by atoms with Crippen molar-refractivity contribution in [2.45, 2.75) is 40.0 Å². The summed E-state index contributed by atoms with van der Waals surface area (Å²) in [5.41, 5.74) is 2.39. The van der Waals surface area contributed by atoms with Crippen LogP contribution in [-0.2, 0) is 24.9 Å². The molecule has 1 aromatic heterocycles. The number of aryl methyl sites for hydroxylation is 1. The molecule has 0 aliphatic carbocycles. The zero-order valence-electron chi connectivity index (χ0n) is 19.5. The quantitative estimate of drug-likeness (QED) is 0.375. The monoisotopic (exact) mass is 434 g/mol. The number of benzene rings is 2. The molecule has 0 amide bonds. The third-order valence-electron chi connectivity index (χ3n) is 5.35. The molecule has 7 nitrogen and oxygen atoms in total. The van der Waals surface area contributed by atoms with E-state index in [0.29, 0.717) is 25.7 Å². The number of nitrogens with zero attached hydrogens (tertiary/aromatic N) is 4. The molecular weight excluding hydrogens is 400 g/mol. The molecule has 7 heteroatoms. The van der Waals surface area contributed by atoms with Gasteiger partial charge in [0, 0.05) is 13.6 Å². The molecular formula is C25H34N6O. The second-order valence-electron chi connectivity index (χ2n) is 8.15. The lowest BCUT2D eigenvalue weighted by atomic mass is 10.1. The maximum atomic E-state index is 5.89. The van der Waals surface area contributed by atoms with Gasteiger partial charge in [0.25, 0.3) is 0 Å². The molecule has 170 valence electrons. The van der Waals surface area contributed by atoms with E-state index in [1.807, 2.05) is 54.9 Å². The molecule has 32 heavy (non-hydrogen) atoms. The van der Waals surface area contributed by atoms with E-state index in [1.54, 1.807) is 0 Å². The number of nitrogens with one attached hydrogen (secondary N) is 2. The summed E-state index contributed by atoms with van der Waals surface area (Å²) in [6.07, 6.45) is 0. The molecule has 2 atom stereocenters. The van der Waals surface area contributed by atoms with E-state index in [2.05, 4.69) is 58.9 Å². The summed E-state index contributed by atoms with van der Waals surface area (Å²) in [5, 5.41) is 15.3. The summed E-state index contributed by atoms with van der Waals surface area (Å²) in [6.45, 7) is 8.74. The predicted molar refractivity (Wildman–Crippen MR) is 128 cm³/mol. The Hall–Kier alpha value is -3.19. The van der Waals surface area contributed by atoms with Gasteiger partial charge in [0.2, 0.25) is 0 Å². The van der Waals surface area contributed by atoms with Crippen LogP contribution < -0.4 is 10.6 Å². The number of hydrogen-bond acceptors (Lipinski definition) is 4. The van der Waals surface area contributed by atoms with Crippen molar-refractivity contribution < 1.29 is 4.74 Å². The van der Waals surface area contributed by atoms with Crippen molar-refractivity contribution >= 4 is 5.96 Å². The van der Waals surface area contributed by atoms with Crippen molar-refractivity contribution in [3.05, 3.63) is 83.4 Å². The van der Waals surface area contributed by atoms with Crippen LogP contribution in [0.4, 0.5) is 0 Å². The van der Waals surface area contributed by atoms with Gasteiger partial charge in [0.05, 0.1) is 19.3 Å². The molecule has 2 N–H and O–H groups in total. The fourth-order valence-corrected chi connectivity index (χ4v) is 3.20. The van der Waals surface area contributed by atoms with Gasteiger partial charge in [-0.3, -0.25) is 0 Å². The number of aliphatic imine (C=N–C) groups is 1. The highest BCUT2D eigenvalue weighted by Crippen LogP contribution is 2.11. The molecule has 0 fully saturated rings. The Morgan fingerprint density at radius 3 is 2.38 bits per heavy atom. The minimum Gasteiger partial charge on any atom is -0.376 e. The maximum absolute atomic E-state index is 5.89. The number of guanidine groups is 1. The zero-order valence-corrected chi connectivity index (χ0v) is 19.5. The number of ether oxygens (including phenoxy) is 1. The number of aromatic nitrogens is 3. The Morgan fingerprint density at radius 2 is 1.72 bits per heavy atom. The molecule has 2 unspecified atom stereocenters. The van der Waals surface area contributed by atoms with Crippen LogP contribution in [0.25, 0.3) is 0 Å². The lowest BCUT2D eigenvalue weighted by Gasteiger charge is -2.20. The highest BCUT2D eigenvalue weighted by atomic mass is 16.5. The van der Waals surface area contributed by atoms with Crippen LogP contribution in [-0.4, -0.2) is 33.9 Å². The SMILES string of the molecule is Cc1nnc(CN=C(NCC(C)COCc2ccccc2)NC(C)c2ccccc2)n1C. The summed E-state index contributed by atoms with van der Waals surface area (Å²) in [6, 6.07) is 20.7. The standard InChI is InChI=1S/C25H34N6O/c1-19(17-32-18-22-11-7-5-8-12-22)15-26-25(27-16-24-30-29-21(3)31(24)4)28-20(2)23-13-9-6-10-14-23/h5-14,19-20H,15-18H2,1-4H3,(H2,26,27,28). The van der Waals surface area contributed by atoms with E-state index >= 15 is 0 Å². The molecule has 2 aromatic carbocycles. The second-order valence-corrected chi connectivity index (χ2v) is 8.15. The Morgan fingerprint density at radius 1 is 1.03 bits per heavy atom. The first kappa shape index (κ1) is 23.5. The van der Waals surface area contributed by atoms with Gasteiger partial charge in [-0.2, -0.15) is 0 Å². The van der Waals surface area contributed by atoms with Gasteiger partial charge >= 0.3 is 0 Å². The normalized spacial score (nSPS) is 13.6. The molecule has 0 aliphatic rings. The maximum Gasteiger partial charge on any atom is 0.192 e. The third kappa shape index (κ3) is 7.20. The minimum absolute atomic E-state index is 0.119. The Kier molecular flexibility index (Phi) is 8.80. The smallest absolute Gasteiger partial charge is 0.192 e. The van der Waals surface area contributed by atoms with Crippen molar-refractivity contribution in [3.8, 4) is 0 Å². The summed E-state index contributed by atoms with van der Waals surface area (Å²) in [5.74, 6) is 2.78. The molecule has 1 heterocycles. The minimum atomic E-state index is 0.119. The van der Waals surface area contributed by atoms with Gasteiger partial charge < -0.3 is 19.9 Å². The molecule has 0 spiro atoms. The average Bonchev–Trinajstić information content (AvgIpc) is 3.14. The summed E-state index contributed by atoms with van der Waals surface area (Å²) in [4.78, 5) is 4.76. The van der Waals surface area contributed by atoms with Gasteiger partial charge in [-0.15, -0.1) is 10.2 Å². The summed E-state index contributed by atoms with van der Waals surface area (Å²) < 4.78 is 7.85. The highest BCUT2D eigenvalue weighted by molar-refractivity contribution is 5.80. The fraction of sp³-hybridized carbons (Fsp3) is 0.400. The predicted octanol–water partition coefficient (Wildman–Crippen LogP) is 3.77. The zero-order chi connectivity index (χ0) is 22.8.